The fourth-order valence-corrected chi connectivity index (χ4v) is 3.03. The highest BCUT2D eigenvalue weighted by molar-refractivity contribution is 7.16. The van der Waals surface area contributed by atoms with Crippen LogP contribution in [0, 0.1) is 0 Å². The van der Waals surface area contributed by atoms with E-state index in [9.17, 15) is 4.79 Å². The van der Waals surface area contributed by atoms with E-state index in [1.807, 2.05) is 42.5 Å². The summed E-state index contributed by atoms with van der Waals surface area (Å²) in [5, 5.41) is 0. The van der Waals surface area contributed by atoms with Crippen molar-refractivity contribution in [2.75, 3.05) is 0 Å². The van der Waals surface area contributed by atoms with E-state index in [1.54, 1.807) is 0 Å². The SMILES string of the molecule is NC(CCC(=O)Cc1ccc(Cl)s1)c1ccccc1. The Balaban J connectivity index is 1.80. The molecule has 1 heterocycles. The quantitative estimate of drug-likeness (QED) is 0.875. The summed E-state index contributed by atoms with van der Waals surface area (Å²) in [5.41, 5.74) is 7.15. The average Bonchev–Trinajstić information content (AvgIpc) is 2.82. The highest BCUT2D eigenvalue weighted by atomic mass is 35.5. The van der Waals surface area contributed by atoms with Crippen LogP contribution in [0.15, 0.2) is 42.5 Å². The van der Waals surface area contributed by atoms with Gasteiger partial charge in [-0.15, -0.1) is 11.3 Å². The van der Waals surface area contributed by atoms with Gasteiger partial charge in [0.25, 0.3) is 0 Å². The molecule has 1 aromatic carbocycles. The molecule has 0 fully saturated rings. The van der Waals surface area contributed by atoms with Gasteiger partial charge in [0.1, 0.15) is 5.78 Å². The smallest absolute Gasteiger partial charge is 0.138 e. The first-order valence-electron chi connectivity index (χ1n) is 6.21. The number of rotatable bonds is 6. The fraction of sp³-hybridized carbons (Fsp3) is 0.267. The minimum Gasteiger partial charge on any atom is -0.324 e. The number of nitrogens with two attached hydrogens (primary N) is 1. The Labute approximate surface area is 122 Å². The van der Waals surface area contributed by atoms with Crippen LogP contribution in [0.4, 0.5) is 0 Å². The first-order valence-corrected chi connectivity index (χ1v) is 7.41. The Morgan fingerprint density at radius 1 is 1.21 bits per heavy atom. The van der Waals surface area contributed by atoms with Gasteiger partial charge in [0.05, 0.1) is 4.34 Å². The Hall–Kier alpha value is -1.16. The maximum atomic E-state index is 11.9. The van der Waals surface area contributed by atoms with E-state index in [-0.39, 0.29) is 11.8 Å². The van der Waals surface area contributed by atoms with Crippen LogP contribution in [0.1, 0.15) is 29.3 Å². The number of Topliss-reactive ketones (excluding diaryl/α,β-unsaturated/α-hetero) is 1. The van der Waals surface area contributed by atoms with Gasteiger partial charge >= 0.3 is 0 Å². The number of thiophene rings is 1. The monoisotopic (exact) mass is 293 g/mol. The molecule has 0 aliphatic rings. The van der Waals surface area contributed by atoms with Crippen LogP contribution >= 0.6 is 22.9 Å². The van der Waals surface area contributed by atoms with Crippen molar-refractivity contribution in [2.45, 2.75) is 25.3 Å². The lowest BCUT2D eigenvalue weighted by Crippen LogP contribution is -2.13. The maximum absolute atomic E-state index is 11.9. The molecule has 2 nitrogen and oxygen atoms in total. The molecular weight excluding hydrogens is 278 g/mol. The number of carbonyl (C=O) groups excluding carboxylic acids is 1. The molecule has 0 radical (unpaired) electrons. The van der Waals surface area contributed by atoms with Gasteiger partial charge in [-0.25, -0.2) is 0 Å². The van der Waals surface area contributed by atoms with Crippen LogP contribution in [-0.4, -0.2) is 5.78 Å². The van der Waals surface area contributed by atoms with E-state index in [4.69, 9.17) is 17.3 Å². The Bertz CT molecular complexity index is 538. The van der Waals surface area contributed by atoms with Crippen LogP contribution in [-0.2, 0) is 11.2 Å². The zero-order valence-electron chi connectivity index (χ0n) is 10.5. The highest BCUT2D eigenvalue weighted by Gasteiger charge is 2.10. The van der Waals surface area contributed by atoms with Gasteiger partial charge in [-0.05, 0) is 24.1 Å². The summed E-state index contributed by atoms with van der Waals surface area (Å²) in [4.78, 5) is 12.9. The largest absolute Gasteiger partial charge is 0.324 e. The minimum absolute atomic E-state index is 0.0722. The molecule has 2 N–H and O–H groups in total. The topological polar surface area (TPSA) is 43.1 Å². The van der Waals surface area contributed by atoms with Gasteiger partial charge in [0, 0.05) is 23.8 Å². The molecule has 0 amide bonds. The van der Waals surface area contributed by atoms with Gasteiger partial charge in [0.2, 0.25) is 0 Å². The lowest BCUT2D eigenvalue weighted by atomic mass is 10.0. The zero-order valence-corrected chi connectivity index (χ0v) is 12.1. The third-order valence-corrected chi connectivity index (χ3v) is 4.19. The maximum Gasteiger partial charge on any atom is 0.138 e. The Morgan fingerprint density at radius 3 is 2.58 bits per heavy atom. The van der Waals surface area contributed by atoms with E-state index < -0.39 is 0 Å². The van der Waals surface area contributed by atoms with Crippen molar-refractivity contribution >= 4 is 28.7 Å². The van der Waals surface area contributed by atoms with E-state index in [0.717, 1.165) is 14.8 Å². The standard InChI is InChI=1S/C15H16ClNOS/c16-15-9-7-13(19-15)10-12(18)6-8-14(17)11-4-2-1-3-5-11/h1-5,7,9,14H,6,8,10,17H2. The number of ketones is 1. The van der Waals surface area contributed by atoms with Crippen LogP contribution < -0.4 is 5.73 Å². The molecule has 19 heavy (non-hydrogen) atoms. The summed E-state index contributed by atoms with van der Waals surface area (Å²) in [5.74, 6) is 0.213. The van der Waals surface area contributed by atoms with Crippen molar-refractivity contribution in [3.05, 3.63) is 57.2 Å². The summed E-state index contributed by atoms with van der Waals surface area (Å²) < 4.78 is 0.726. The lowest BCUT2D eigenvalue weighted by molar-refractivity contribution is -0.118. The molecule has 0 saturated carbocycles. The van der Waals surface area contributed by atoms with Crippen molar-refractivity contribution in [3.8, 4) is 0 Å². The third kappa shape index (κ3) is 4.46. The van der Waals surface area contributed by atoms with Crippen LogP contribution in [0.25, 0.3) is 0 Å². The molecule has 2 rings (SSSR count). The molecule has 0 spiro atoms. The minimum atomic E-state index is -0.0722. The Kier molecular flexibility index (Phi) is 5.14. The molecule has 2 aromatic rings. The second kappa shape index (κ2) is 6.85. The van der Waals surface area contributed by atoms with E-state index in [2.05, 4.69) is 0 Å². The summed E-state index contributed by atoms with van der Waals surface area (Å²) in [6.07, 6.45) is 1.65. The fourth-order valence-electron chi connectivity index (χ4n) is 1.91. The number of hydrogen-bond acceptors (Lipinski definition) is 3. The molecule has 0 saturated heterocycles. The van der Waals surface area contributed by atoms with Crippen molar-refractivity contribution in [2.24, 2.45) is 5.73 Å². The molecule has 0 bridgehead atoms. The lowest BCUT2D eigenvalue weighted by Gasteiger charge is -2.10. The van der Waals surface area contributed by atoms with Gasteiger partial charge in [-0.1, -0.05) is 41.9 Å². The van der Waals surface area contributed by atoms with E-state index >= 15 is 0 Å². The van der Waals surface area contributed by atoms with Gasteiger partial charge < -0.3 is 5.73 Å². The van der Waals surface area contributed by atoms with Gasteiger partial charge in [-0.3, -0.25) is 4.79 Å². The molecule has 100 valence electrons. The number of halogens is 1. The molecule has 4 heteroatoms. The normalized spacial score (nSPS) is 12.3. The summed E-state index contributed by atoms with van der Waals surface area (Å²) in [6, 6.07) is 13.5. The predicted molar refractivity (Wildman–Crippen MR) is 80.6 cm³/mol. The number of hydrogen-bond donors (Lipinski definition) is 1. The molecule has 1 aromatic heterocycles. The zero-order chi connectivity index (χ0) is 13.7. The Morgan fingerprint density at radius 2 is 1.95 bits per heavy atom. The van der Waals surface area contributed by atoms with Crippen molar-refractivity contribution < 1.29 is 4.79 Å². The summed E-state index contributed by atoms with van der Waals surface area (Å²) >= 11 is 7.30. The molecule has 1 atom stereocenters. The van der Waals surface area contributed by atoms with E-state index in [1.165, 1.54) is 11.3 Å². The second-order valence-electron chi connectivity index (χ2n) is 4.48. The van der Waals surface area contributed by atoms with E-state index in [0.29, 0.717) is 19.3 Å². The molecule has 0 aliphatic carbocycles. The number of carbonyl (C=O) groups is 1. The number of benzene rings is 1. The average molecular weight is 294 g/mol. The van der Waals surface area contributed by atoms with Crippen molar-refractivity contribution in [1.29, 1.82) is 0 Å². The molecule has 0 aliphatic heterocycles. The summed E-state index contributed by atoms with van der Waals surface area (Å²) in [6.45, 7) is 0. The second-order valence-corrected chi connectivity index (χ2v) is 6.28. The van der Waals surface area contributed by atoms with Crippen molar-refractivity contribution in [1.82, 2.24) is 0 Å². The molecule has 1 unspecified atom stereocenters. The summed E-state index contributed by atoms with van der Waals surface area (Å²) in [7, 11) is 0. The molecular formula is C15H16ClNOS. The van der Waals surface area contributed by atoms with Crippen LogP contribution in [0.5, 0.6) is 0 Å². The highest BCUT2D eigenvalue weighted by Crippen LogP contribution is 2.23. The van der Waals surface area contributed by atoms with Crippen LogP contribution in [0.2, 0.25) is 4.34 Å². The van der Waals surface area contributed by atoms with Crippen LogP contribution in [0.3, 0.4) is 0 Å². The predicted octanol–water partition coefficient (Wildman–Crippen LogP) is 3.99. The van der Waals surface area contributed by atoms with Gasteiger partial charge in [0.15, 0.2) is 0 Å². The van der Waals surface area contributed by atoms with Gasteiger partial charge in [-0.2, -0.15) is 0 Å². The third-order valence-electron chi connectivity index (χ3n) is 2.96. The first-order chi connectivity index (χ1) is 9.15. The first kappa shape index (κ1) is 14.3. The van der Waals surface area contributed by atoms with Crippen molar-refractivity contribution in [3.63, 3.8) is 0 Å².